The summed E-state index contributed by atoms with van der Waals surface area (Å²) < 4.78 is 11.7. The fourth-order valence-electron chi connectivity index (χ4n) is 3.37. The molecule has 27 heavy (non-hydrogen) atoms. The molecule has 2 aliphatic rings. The summed E-state index contributed by atoms with van der Waals surface area (Å²) in [6.07, 6.45) is 0. The molecule has 0 aliphatic carbocycles. The maximum atomic E-state index is 5.86. The van der Waals surface area contributed by atoms with Crippen molar-refractivity contribution in [2.45, 2.75) is 22.9 Å². The Hall–Kier alpha value is -0.990. The molecule has 2 aliphatic heterocycles. The zero-order valence-corrected chi connectivity index (χ0v) is 17.7. The maximum absolute atomic E-state index is 5.86. The summed E-state index contributed by atoms with van der Waals surface area (Å²) in [6, 6.07) is 12.9. The molecule has 144 valence electrons. The lowest BCUT2D eigenvalue weighted by atomic mass is 10.1. The smallest absolute Gasteiger partial charge is 0.142 e. The van der Waals surface area contributed by atoms with Gasteiger partial charge in [-0.1, -0.05) is 11.8 Å². The molecule has 7 heteroatoms. The average Bonchev–Trinajstić information content (AvgIpc) is 2.68. The Balaban J connectivity index is 1.48. The highest BCUT2D eigenvalue weighted by atomic mass is 32.2. The van der Waals surface area contributed by atoms with Gasteiger partial charge in [-0.15, -0.1) is 0 Å². The van der Waals surface area contributed by atoms with Gasteiger partial charge in [0.25, 0.3) is 0 Å². The lowest BCUT2D eigenvalue weighted by molar-refractivity contribution is 0.102. The van der Waals surface area contributed by atoms with Crippen LogP contribution in [0.2, 0.25) is 0 Å². The third-order valence-electron chi connectivity index (χ3n) is 4.73. The molecular weight excluding hydrogens is 396 g/mol. The molecule has 2 aromatic carbocycles. The van der Waals surface area contributed by atoms with Crippen LogP contribution in [0.4, 0.5) is 0 Å². The maximum Gasteiger partial charge on any atom is 0.142 e. The van der Waals surface area contributed by atoms with Gasteiger partial charge < -0.3 is 9.47 Å². The van der Waals surface area contributed by atoms with Crippen LogP contribution in [-0.2, 0) is 13.1 Å². The normalized spacial score (nSPS) is 17.0. The minimum absolute atomic E-state index is 0.646. The second-order valence-electron chi connectivity index (χ2n) is 6.74. The quantitative estimate of drug-likeness (QED) is 0.689. The highest BCUT2D eigenvalue weighted by Gasteiger charge is 2.19. The molecule has 0 N–H and O–H groups in total. The van der Waals surface area contributed by atoms with Crippen LogP contribution in [0.3, 0.4) is 0 Å². The van der Waals surface area contributed by atoms with Crippen molar-refractivity contribution >= 4 is 37.0 Å². The van der Waals surface area contributed by atoms with Crippen LogP contribution < -0.4 is 9.47 Å². The highest BCUT2D eigenvalue weighted by molar-refractivity contribution is 7.99. The Morgan fingerprint density at radius 3 is 1.70 bits per heavy atom. The van der Waals surface area contributed by atoms with Gasteiger partial charge in [-0.05, 0) is 36.4 Å². The van der Waals surface area contributed by atoms with E-state index in [-0.39, 0.29) is 0 Å². The van der Waals surface area contributed by atoms with Crippen molar-refractivity contribution in [1.29, 1.82) is 0 Å². The van der Waals surface area contributed by atoms with Crippen molar-refractivity contribution in [1.82, 2.24) is 9.80 Å². The van der Waals surface area contributed by atoms with Gasteiger partial charge in [0, 0.05) is 58.6 Å². The molecule has 0 aromatic heterocycles. The lowest BCUT2D eigenvalue weighted by Gasteiger charge is -2.29. The monoisotopic (exact) mass is 420 g/mol. The van der Waals surface area contributed by atoms with Crippen LogP contribution in [0.1, 0.15) is 11.1 Å². The Kier molecular flexibility index (Phi) is 6.45. The summed E-state index contributed by atoms with van der Waals surface area (Å²) in [4.78, 5) is 7.01. The van der Waals surface area contributed by atoms with Gasteiger partial charge in [0.1, 0.15) is 25.0 Å². The van der Waals surface area contributed by atoms with Gasteiger partial charge in [-0.3, -0.25) is 9.80 Å². The van der Waals surface area contributed by atoms with E-state index in [4.69, 9.17) is 9.47 Å². The van der Waals surface area contributed by atoms with Gasteiger partial charge in [-0.2, -0.15) is 25.3 Å². The van der Waals surface area contributed by atoms with E-state index in [2.05, 4.69) is 71.5 Å². The number of ether oxygens (including phenoxy) is 2. The van der Waals surface area contributed by atoms with Crippen LogP contribution >= 0.6 is 37.0 Å². The summed E-state index contributed by atoms with van der Waals surface area (Å²) in [5, 5.41) is 0. The first-order chi connectivity index (χ1) is 13.2. The number of rotatable bonds is 6. The average molecular weight is 421 g/mol. The van der Waals surface area contributed by atoms with E-state index in [9.17, 15) is 0 Å². The number of hydrogen-bond acceptors (Lipinski definition) is 7. The fourth-order valence-corrected chi connectivity index (χ4v) is 4.88. The van der Waals surface area contributed by atoms with Crippen LogP contribution in [0, 0.1) is 0 Å². The number of fused-ring (bicyclic) bond motifs is 2. The molecule has 0 amide bonds. The van der Waals surface area contributed by atoms with Gasteiger partial charge in [-0.25, -0.2) is 0 Å². The van der Waals surface area contributed by atoms with Crippen molar-refractivity contribution < 1.29 is 9.47 Å². The van der Waals surface area contributed by atoms with E-state index < -0.39 is 0 Å². The highest BCUT2D eigenvalue weighted by Crippen LogP contribution is 2.36. The van der Waals surface area contributed by atoms with E-state index >= 15 is 0 Å². The first-order valence-electron chi connectivity index (χ1n) is 9.11. The number of hydrogen-bond donors (Lipinski definition) is 2. The minimum atomic E-state index is 0.646. The molecular formula is C20H24N2O2S3. The van der Waals surface area contributed by atoms with Crippen LogP contribution in [0.25, 0.3) is 0 Å². The first-order valence-corrected chi connectivity index (χ1v) is 11.2. The van der Waals surface area contributed by atoms with Gasteiger partial charge in [0.05, 0.1) is 0 Å². The van der Waals surface area contributed by atoms with Crippen molar-refractivity contribution in [3.63, 3.8) is 0 Å². The van der Waals surface area contributed by atoms with E-state index in [0.717, 1.165) is 49.2 Å². The molecule has 0 saturated carbocycles. The Morgan fingerprint density at radius 2 is 1.26 bits per heavy atom. The van der Waals surface area contributed by atoms with Gasteiger partial charge in [0.2, 0.25) is 0 Å². The third kappa shape index (κ3) is 4.71. The number of benzene rings is 2. The van der Waals surface area contributed by atoms with Crippen molar-refractivity contribution in [3.05, 3.63) is 47.5 Å². The molecule has 4 rings (SSSR count). The molecule has 0 bridgehead atoms. The summed E-state index contributed by atoms with van der Waals surface area (Å²) in [5.74, 6) is 3.68. The lowest BCUT2D eigenvalue weighted by Crippen LogP contribution is -2.33. The van der Waals surface area contributed by atoms with Gasteiger partial charge in [0.15, 0.2) is 0 Å². The summed E-state index contributed by atoms with van der Waals surface area (Å²) >= 11 is 10.4. The standard InChI is InChI=1S/C20H24N2O2S3/c25-7-5-21-11-15-9-17(1-3-19(15)23-13-21)27-18-2-4-20-16(10-18)12-22(6-8-26)14-24-20/h1-4,9-10,25-26H,5-8,11-14H2. The Morgan fingerprint density at radius 1 is 0.778 bits per heavy atom. The largest absolute Gasteiger partial charge is 0.478 e. The molecule has 0 saturated heterocycles. The van der Waals surface area contributed by atoms with Gasteiger partial charge >= 0.3 is 0 Å². The molecule has 2 heterocycles. The predicted molar refractivity (Wildman–Crippen MR) is 117 cm³/mol. The zero-order chi connectivity index (χ0) is 18.6. The van der Waals surface area contributed by atoms with Crippen LogP contribution in [-0.4, -0.2) is 47.9 Å². The summed E-state index contributed by atoms with van der Waals surface area (Å²) in [6.45, 7) is 5.00. The summed E-state index contributed by atoms with van der Waals surface area (Å²) in [5.41, 5.74) is 2.49. The van der Waals surface area contributed by atoms with Crippen molar-refractivity contribution in [2.24, 2.45) is 0 Å². The molecule has 0 spiro atoms. The van der Waals surface area contributed by atoms with E-state index in [1.165, 1.54) is 20.9 Å². The topological polar surface area (TPSA) is 24.9 Å². The van der Waals surface area contributed by atoms with E-state index in [0.29, 0.717) is 13.5 Å². The van der Waals surface area contributed by atoms with Crippen LogP contribution in [0.15, 0.2) is 46.2 Å². The zero-order valence-electron chi connectivity index (χ0n) is 15.1. The molecule has 0 radical (unpaired) electrons. The molecule has 0 unspecified atom stereocenters. The summed E-state index contributed by atoms with van der Waals surface area (Å²) in [7, 11) is 0. The molecule has 0 atom stereocenters. The predicted octanol–water partition coefficient (Wildman–Crippen LogP) is 4.00. The van der Waals surface area contributed by atoms with Crippen LogP contribution in [0.5, 0.6) is 11.5 Å². The van der Waals surface area contributed by atoms with Crippen molar-refractivity contribution in [2.75, 3.05) is 38.1 Å². The van der Waals surface area contributed by atoms with E-state index in [1.807, 2.05) is 0 Å². The molecule has 2 aromatic rings. The SMILES string of the molecule is SCCN1COc2ccc(Sc3ccc4c(c3)CN(CCS)CO4)cc2C1. The second kappa shape index (κ2) is 9.01. The Labute approximate surface area is 176 Å². The first kappa shape index (κ1) is 19.3. The molecule has 4 nitrogen and oxygen atoms in total. The minimum Gasteiger partial charge on any atom is -0.478 e. The fraction of sp³-hybridized carbons (Fsp3) is 0.400. The Bertz CT molecular complexity index is 737. The molecule has 0 fully saturated rings. The number of thiol groups is 2. The van der Waals surface area contributed by atoms with E-state index in [1.54, 1.807) is 11.8 Å². The van der Waals surface area contributed by atoms with Crippen molar-refractivity contribution in [3.8, 4) is 11.5 Å². The number of nitrogens with zero attached hydrogens (tertiary/aromatic N) is 2. The second-order valence-corrected chi connectivity index (χ2v) is 8.78. The third-order valence-corrected chi connectivity index (χ3v) is 6.10.